The number of piperazine rings is 1. The number of urea groups is 1. The highest BCUT2D eigenvalue weighted by atomic mass is 35.5. The van der Waals surface area contributed by atoms with Crippen molar-refractivity contribution in [2.24, 2.45) is 5.41 Å². The van der Waals surface area contributed by atoms with Crippen LogP contribution >= 0.6 is 23.2 Å². The Kier molecular flexibility index (Phi) is 7.41. The molecule has 1 aliphatic carbocycles. The van der Waals surface area contributed by atoms with Crippen LogP contribution in [-0.4, -0.2) is 94.4 Å². The van der Waals surface area contributed by atoms with Crippen molar-refractivity contribution in [2.45, 2.75) is 50.8 Å². The first-order valence-electron chi connectivity index (χ1n) is 11.6. The van der Waals surface area contributed by atoms with E-state index < -0.39 is 6.04 Å². The number of aliphatic hydroxyl groups excluding tert-OH is 2. The molecule has 4 rings (SSSR count). The molecule has 1 spiro atoms. The molecule has 1 aromatic carbocycles. The molecule has 0 aromatic heterocycles. The van der Waals surface area contributed by atoms with Crippen LogP contribution in [-0.2, 0) is 4.79 Å². The molecule has 0 bridgehead atoms. The summed E-state index contributed by atoms with van der Waals surface area (Å²) < 4.78 is 0. The summed E-state index contributed by atoms with van der Waals surface area (Å²) in [5, 5.41) is 23.9. The zero-order valence-electron chi connectivity index (χ0n) is 18.8. The third-order valence-electron chi connectivity index (χ3n) is 7.51. The Bertz CT molecular complexity index is 897. The molecule has 33 heavy (non-hydrogen) atoms. The van der Waals surface area contributed by atoms with E-state index in [1.807, 2.05) is 0 Å². The summed E-state index contributed by atoms with van der Waals surface area (Å²) in [6.07, 6.45) is 3.61. The molecule has 2 saturated heterocycles. The minimum Gasteiger partial charge on any atom is -0.394 e. The summed E-state index contributed by atoms with van der Waals surface area (Å²) in [6, 6.07) is 3.47. The number of hydrogen-bond donors (Lipinski definition) is 3. The van der Waals surface area contributed by atoms with Gasteiger partial charge in [-0.25, -0.2) is 4.79 Å². The van der Waals surface area contributed by atoms with Crippen LogP contribution in [0.3, 0.4) is 0 Å². The predicted molar refractivity (Wildman–Crippen MR) is 128 cm³/mol. The topological polar surface area (TPSA) is 96.3 Å². The van der Waals surface area contributed by atoms with Gasteiger partial charge in [0.1, 0.15) is 6.04 Å². The monoisotopic (exact) mass is 498 g/mol. The Balaban J connectivity index is 1.30. The number of nitrogens with one attached hydrogen (secondary N) is 1. The summed E-state index contributed by atoms with van der Waals surface area (Å²) in [4.78, 5) is 31.3. The molecular weight excluding hydrogens is 467 g/mol. The molecule has 3 aliphatic rings. The van der Waals surface area contributed by atoms with E-state index in [0.717, 1.165) is 32.4 Å². The number of rotatable bonds is 6. The number of nitrogens with zero attached hydrogens (tertiary/aromatic N) is 3. The van der Waals surface area contributed by atoms with Gasteiger partial charge in [0.15, 0.2) is 0 Å². The van der Waals surface area contributed by atoms with Gasteiger partial charge in [-0.3, -0.25) is 4.79 Å². The van der Waals surface area contributed by atoms with Crippen molar-refractivity contribution in [3.8, 4) is 0 Å². The third-order valence-corrected chi connectivity index (χ3v) is 8.25. The highest BCUT2D eigenvalue weighted by Gasteiger charge is 2.51. The molecule has 3 fully saturated rings. The van der Waals surface area contributed by atoms with E-state index >= 15 is 0 Å². The van der Waals surface area contributed by atoms with E-state index in [-0.39, 0.29) is 36.1 Å². The minimum absolute atomic E-state index is 0.131. The maximum Gasteiger partial charge on any atom is 0.322 e. The highest BCUT2D eigenvalue weighted by molar-refractivity contribution is 6.42. The van der Waals surface area contributed by atoms with Gasteiger partial charge in [0.05, 0.1) is 28.8 Å². The van der Waals surface area contributed by atoms with Gasteiger partial charge >= 0.3 is 6.03 Å². The van der Waals surface area contributed by atoms with Crippen molar-refractivity contribution in [1.29, 1.82) is 0 Å². The van der Waals surface area contributed by atoms with E-state index in [4.69, 9.17) is 23.2 Å². The maximum atomic E-state index is 13.1. The Hall–Kier alpha value is -1.58. The summed E-state index contributed by atoms with van der Waals surface area (Å²) in [5.74, 6) is -0.180. The van der Waals surface area contributed by atoms with Crippen molar-refractivity contribution in [3.05, 3.63) is 28.2 Å². The number of carbonyl (C=O) groups excluding carboxylic acids is 2. The first kappa shape index (κ1) is 24.5. The average molecular weight is 499 g/mol. The van der Waals surface area contributed by atoms with Crippen LogP contribution in [0.5, 0.6) is 0 Å². The molecular formula is C23H32Cl2N4O4. The van der Waals surface area contributed by atoms with Crippen LogP contribution < -0.4 is 5.32 Å². The lowest BCUT2D eigenvalue weighted by Crippen LogP contribution is -2.61. The second-order valence-electron chi connectivity index (χ2n) is 9.51. The minimum atomic E-state index is -0.651. The van der Waals surface area contributed by atoms with E-state index in [1.165, 1.54) is 4.90 Å². The number of carbonyl (C=O) groups is 2. The second kappa shape index (κ2) is 9.96. The fourth-order valence-electron chi connectivity index (χ4n) is 5.00. The number of β-amino-alcohol motifs (C(OH)–C–C–N with tert-alkyl or cyclic N) is 1. The molecule has 10 heteroatoms. The number of likely N-dealkylation sites (tertiary alicyclic amines) is 1. The number of halogens is 2. The van der Waals surface area contributed by atoms with Crippen LogP contribution in [0, 0.1) is 5.41 Å². The highest BCUT2D eigenvalue weighted by Crippen LogP contribution is 2.53. The summed E-state index contributed by atoms with van der Waals surface area (Å²) >= 11 is 11.9. The molecule has 2 aliphatic heterocycles. The number of benzene rings is 1. The zero-order chi connectivity index (χ0) is 23.8. The van der Waals surface area contributed by atoms with Gasteiger partial charge in [0.25, 0.3) is 0 Å². The van der Waals surface area contributed by atoms with Crippen molar-refractivity contribution >= 4 is 40.8 Å². The van der Waals surface area contributed by atoms with E-state index in [9.17, 15) is 19.8 Å². The SMILES string of the molecule is C[C@H]1C(=O)N([C@H](CO)CCN2CCC3(CC3)[C@H](O)C2)CCN1C(=O)Nc1ccc(Cl)c(Cl)c1. The number of amides is 3. The summed E-state index contributed by atoms with van der Waals surface area (Å²) in [6.45, 7) is 4.61. The molecule has 182 valence electrons. The lowest BCUT2D eigenvalue weighted by molar-refractivity contribution is -0.143. The largest absolute Gasteiger partial charge is 0.394 e. The number of aliphatic hydroxyl groups is 2. The maximum absolute atomic E-state index is 13.1. The molecule has 8 nitrogen and oxygen atoms in total. The van der Waals surface area contributed by atoms with E-state index in [0.29, 0.717) is 41.8 Å². The Morgan fingerprint density at radius 2 is 1.97 bits per heavy atom. The first-order chi connectivity index (χ1) is 15.7. The molecule has 1 aromatic rings. The molecule has 0 radical (unpaired) electrons. The van der Waals surface area contributed by atoms with Crippen LogP contribution in [0.15, 0.2) is 18.2 Å². The van der Waals surface area contributed by atoms with Gasteiger partial charge in [-0.05, 0) is 62.8 Å². The summed E-state index contributed by atoms with van der Waals surface area (Å²) in [5.41, 5.74) is 0.661. The predicted octanol–water partition coefficient (Wildman–Crippen LogP) is 2.66. The normalized spacial score (nSPS) is 25.9. The molecule has 3 amide bonds. The van der Waals surface area contributed by atoms with Crippen molar-refractivity contribution in [3.63, 3.8) is 0 Å². The first-order valence-corrected chi connectivity index (χ1v) is 12.3. The van der Waals surface area contributed by atoms with E-state index in [1.54, 1.807) is 30.0 Å². The average Bonchev–Trinajstić information content (AvgIpc) is 3.57. The Morgan fingerprint density at radius 1 is 1.21 bits per heavy atom. The van der Waals surface area contributed by atoms with Gasteiger partial charge < -0.3 is 30.2 Å². The standard InChI is InChI=1S/C23H32Cl2N4O4/c1-15-21(32)29(11-10-28(15)22(33)26-16-2-3-18(24)19(25)12-16)17(14-30)4-8-27-9-7-23(5-6-23)20(31)13-27/h2-3,12,15,17,20,30-31H,4-11,13-14H2,1H3,(H,26,33)/t15-,17-,20+/m0/s1. The number of anilines is 1. The molecule has 1 saturated carbocycles. The molecule has 2 heterocycles. The fourth-order valence-corrected chi connectivity index (χ4v) is 5.30. The lowest BCUT2D eigenvalue weighted by Gasteiger charge is -2.43. The Morgan fingerprint density at radius 3 is 2.61 bits per heavy atom. The van der Waals surface area contributed by atoms with Crippen LogP contribution in [0.2, 0.25) is 10.0 Å². The smallest absolute Gasteiger partial charge is 0.322 e. The van der Waals surface area contributed by atoms with Crippen molar-refractivity contribution < 1.29 is 19.8 Å². The Labute approximate surface area is 204 Å². The fraction of sp³-hybridized carbons (Fsp3) is 0.652. The van der Waals surface area contributed by atoms with Crippen LogP contribution in [0.1, 0.15) is 32.6 Å². The van der Waals surface area contributed by atoms with Crippen LogP contribution in [0.4, 0.5) is 10.5 Å². The zero-order valence-corrected chi connectivity index (χ0v) is 20.4. The molecule has 3 atom stereocenters. The van der Waals surface area contributed by atoms with Gasteiger partial charge in [0, 0.05) is 31.9 Å². The van der Waals surface area contributed by atoms with Gasteiger partial charge in [-0.2, -0.15) is 0 Å². The molecule has 0 unspecified atom stereocenters. The lowest BCUT2D eigenvalue weighted by atomic mass is 9.90. The van der Waals surface area contributed by atoms with Gasteiger partial charge in [0.2, 0.25) is 5.91 Å². The second-order valence-corrected chi connectivity index (χ2v) is 10.3. The molecule has 3 N–H and O–H groups in total. The van der Waals surface area contributed by atoms with E-state index in [2.05, 4.69) is 10.2 Å². The van der Waals surface area contributed by atoms with Crippen molar-refractivity contribution in [2.75, 3.05) is 44.6 Å². The van der Waals surface area contributed by atoms with Crippen LogP contribution in [0.25, 0.3) is 0 Å². The quantitative estimate of drug-likeness (QED) is 0.560. The van der Waals surface area contributed by atoms with Gasteiger partial charge in [-0.1, -0.05) is 23.2 Å². The number of hydrogen-bond acceptors (Lipinski definition) is 5. The van der Waals surface area contributed by atoms with Gasteiger partial charge in [-0.15, -0.1) is 0 Å². The third kappa shape index (κ3) is 5.25. The summed E-state index contributed by atoms with van der Waals surface area (Å²) in [7, 11) is 0. The number of piperidine rings is 1. The van der Waals surface area contributed by atoms with Crippen molar-refractivity contribution in [1.82, 2.24) is 14.7 Å².